The van der Waals surface area contributed by atoms with Crippen LogP contribution in [0.3, 0.4) is 0 Å². The van der Waals surface area contributed by atoms with E-state index in [9.17, 15) is 4.79 Å². The van der Waals surface area contributed by atoms with Gasteiger partial charge in [0, 0.05) is 37.5 Å². The van der Waals surface area contributed by atoms with Gasteiger partial charge in [-0.05, 0) is 37.1 Å². The molecule has 0 atom stereocenters. The Morgan fingerprint density at radius 1 is 0.941 bits per heavy atom. The molecule has 7 heteroatoms. The molecule has 1 saturated heterocycles. The fourth-order valence-corrected chi connectivity index (χ4v) is 5.32. The number of nitrogens with zero attached hydrogens (tertiary/aromatic N) is 4. The molecule has 1 fully saturated rings. The zero-order valence-electron chi connectivity index (χ0n) is 19.5. The Balaban J connectivity index is 1.32. The smallest absolute Gasteiger partial charge is 0.260 e. The summed E-state index contributed by atoms with van der Waals surface area (Å²) in [5.41, 5.74) is 2.45. The van der Waals surface area contributed by atoms with E-state index in [1.54, 1.807) is 11.3 Å². The molecule has 0 bridgehead atoms. The molecule has 1 amide bonds. The van der Waals surface area contributed by atoms with Gasteiger partial charge in [-0.3, -0.25) is 4.79 Å². The number of carbonyl (C=O) groups is 1. The molecular formula is C27H28N4O2S. The number of aromatic nitrogens is 2. The topological polar surface area (TPSA) is 58.6 Å². The van der Waals surface area contributed by atoms with Crippen molar-refractivity contribution in [3.05, 3.63) is 82.5 Å². The summed E-state index contributed by atoms with van der Waals surface area (Å²) in [6.07, 6.45) is 0.703. The molecule has 5 rings (SSSR count). The van der Waals surface area contributed by atoms with Crippen LogP contribution in [-0.2, 0) is 11.2 Å². The van der Waals surface area contributed by atoms with Crippen molar-refractivity contribution in [2.45, 2.75) is 20.3 Å². The number of carbonyl (C=O) groups excluding carboxylic acids is 1. The fourth-order valence-electron chi connectivity index (χ4n) is 4.28. The quantitative estimate of drug-likeness (QED) is 0.410. The number of aryl methyl sites for hydroxylation is 2. The molecule has 2 aromatic heterocycles. The number of fused-ring (bicyclic) bond motifs is 1. The molecule has 0 spiro atoms. The Labute approximate surface area is 203 Å². The lowest BCUT2D eigenvalue weighted by atomic mass is 10.1. The van der Waals surface area contributed by atoms with Gasteiger partial charge >= 0.3 is 0 Å². The summed E-state index contributed by atoms with van der Waals surface area (Å²) in [4.78, 5) is 29.1. The third kappa shape index (κ3) is 4.75. The molecule has 0 saturated carbocycles. The summed E-state index contributed by atoms with van der Waals surface area (Å²) in [5, 5.41) is 1.14. The van der Waals surface area contributed by atoms with E-state index in [2.05, 4.69) is 30.9 Å². The standard InChI is InChI=1S/C27H28N4O2S/c1-19-20(2)34-27-25(19)26(28-23(29-27)17-21-9-5-3-6-10-21)31-15-13-30(14-16-31)24(32)18-33-22-11-7-4-8-12-22/h3-12H,13-18H2,1-2H3. The highest BCUT2D eigenvalue weighted by molar-refractivity contribution is 7.18. The number of hydrogen-bond donors (Lipinski definition) is 0. The average molecular weight is 473 g/mol. The second kappa shape index (κ2) is 9.81. The van der Waals surface area contributed by atoms with Gasteiger partial charge in [-0.2, -0.15) is 0 Å². The minimum atomic E-state index is 0.0173. The number of piperazine rings is 1. The maximum Gasteiger partial charge on any atom is 0.260 e. The second-order valence-electron chi connectivity index (χ2n) is 8.56. The molecule has 3 heterocycles. The number of benzene rings is 2. The van der Waals surface area contributed by atoms with Gasteiger partial charge in [0.15, 0.2) is 6.61 Å². The Kier molecular flexibility index (Phi) is 6.45. The second-order valence-corrected chi connectivity index (χ2v) is 9.76. The number of thiophene rings is 1. The van der Waals surface area contributed by atoms with Gasteiger partial charge in [0.25, 0.3) is 5.91 Å². The maximum atomic E-state index is 12.7. The van der Waals surface area contributed by atoms with Crippen molar-refractivity contribution in [3.8, 4) is 5.75 Å². The first kappa shape index (κ1) is 22.3. The highest BCUT2D eigenvalue weighted by Gasteiger charge is 2.25. The minimum Gasteiger partial charge on any atom is -0.484 e. The maximum absolute atomic E-state index is 12.7. The lowest BCUT2D eigenvalue weighted by Gasteiger charge is -2.35. The van der Waals surface area contributed by atoms with E-state index in [1.807, 2.05) is 53.4 Å². The zero-order chi connectivity index (χ0) is 23.5. The number of rotatable bonds is 6. The van der Waals surface area contributed by atoms with Crippen LogP contribution in [0.1, 0.15) is 21.8 Å². The molecule has 0 unspecified atom stereocenters. The van der Waals surface area contributed by atoms with Crippen molar-refractivity contribution >= 4 is 33.3 Å². The molecule has 4 aromatic rings. The third-order valence-electron chi connectivity index (χ3n) is 6.30. The van der Waals surface area contributed by atoms with Gasteiger partial charge in [-0.15, -0.1) is 11.3 Å². The lowest BCUT2D eigenvalue weighted by molar-refractivity contribution is -0.133. The van der Waals surface area contributed by atoms with Crippen LogP contribution in [-0.4, -0.2) is 53.6 Å². The molecule has 0 aliphatic carbocycles. The van der Waals surface area contributed by atoms with Gasteiger partial charge in [0.1, 0.15) is 22.2 Å². The SMILES string of the molecule is Cc1sc2nc(Cc3ccccc3)nc(N3CCN(C(=O)COc4ccccc4)CC3)c2c1C. The van der Waals surface area contributed by atoms with Gasteiger partial charge < -0.3 is 14.5 Å². The van der Waals surface area contributed by atoms with Crippen molar-refractivity contribution in [2.75, 3.05) is 37.7 Å². The Bertz CT molecular complexity index is 1280. The summed E-state index contributed by atoms with van der Waals surface area (Å²) in [7, 11) is 0. The molecule has 0 radical (unpaired) electrons. The number of amides is 1. The van der Waals surface area contributed by atoms with Crippen molar-refractivity contribution in [3.63, 3.8) is 0 Å². The fraction of sp³-hybridized carbons (Fsp3) is 0.296. The normalized spacial score (nSPS) is 13.9. The molecule has 174 valence electrons. The number of anilines is 1. The molecule has 1 aliphatic heterocycles. The van der Waals surface area contributed by atoms with Gasteiger partial charge in [0.2, 0.25) is 0 Å². The van der Waals surface area contributed by atoms with Crippen molar-refractivity contribution in [1.29, 1.82) is 0 Å². The predicted molar refractivity (Wildman–Crippen MR) is 137 cm³/mol. The van der Waals surface area contributed by atoms with E-state index in [0.29, 0.717) is 25.3 Å². The number of hydrogen-bond acceptors (Lipinski definition) is 6. The Morgan fingerprint density at radius 2 is 1.62 bits per heavy atom. The van der Waals surface area contributed by atoms with Crippen molar-refractivity contribution in [2.24, 2.45) is 0 Å². The van der Waals surface area contributed by atoms with Crippen LogP contribution in [0.2, 0.25) is 0 Å². The Morgan fingerprint density at radius 3 is 2.32 bits per heavy atom. The van der Waals surface area contributed by atoms with E-state index in [-0.39, 0.29) is 12.5 Å². The average Bonchev–Trinajstić information content (AvgIpc) is 3.16. The van der Waals surface area contributed by atoms with Gasteiger partial charge in [0.05, 0.1) is 5.39 Å². The number of ether oxygens (including phenoxy) is 1. The molecule has 34 heavy (non-hydrogen) atoms. The van der Waals surface area contributed by atoms with Crippen LogP contribution in [0.4, 0.5) is 5.82 Å². The monoisotopic (exact) mass is 472 g/mol. The Hall–Kier alpha value is -3.45. The highest BCUT2D eigenvalue weighted by atomic mass is 32.1. The first-order valence-corrected chi connectivity index (χ1v) is 12.4. The third-order valence-corrected chi connectivity index (χ3v) is 7.40. The summed E-state index contributed by atoms with van der Waals surface area (Å²) in [5.74, 6) is 2.56. The molecular weight excluding hydrogens is 444 g/mol. The molecule has 6 nitrogen and oxygen atoms in total. The predicted octanol–water partition coefficient (Wildman–Crippen LogP) is 4.63. The van der Waals surface area contributed by atoms with Crippen molar-refractivity contribution < 1.29 is 9.53 Å². The van der Waals surface area contributed by atoms with Crippen LogP contribution in [0.25, 0.3) is 10.2 Å². The summed E-state index contributed by atoms with van der Waals surface area (Å²) >= 11 is 1.73. The summed E-state index contributed by atoms with van der Waals surface area (Å²) < 4.78 is 5.66. The van der Waals surface area contributed by atoms with E-state index in [4.69, 9.17) is 14.7 Å². The van der Waals surface area contributed by atoms with Crippen LogP contribution in [0.15, 0.2) is 60.7 Å². The zero-order valence-corrected chi connectivity index (χ0v) is 20.3. The van der Waals surface area contributed by atoms with E-state index in [1.165, 1.54) is 16.0 Å². The van der Waals surface area contributed by atoms with Crippen molar-refractivity contribution in [1.82, 2.24) is 14.9 Å². The van der Waals surface area contributed by atoms with Crippen LogP contribution in [0.5, 0.6) is 5.75 Å². The number of para-hydroxylation sites is 1. The first-order chi connectivity index (χ1) is 16.6. The highest BCUT2D eigenvalue weighted by Crippen LogP contribution is 2.35. The first-order valence-electron chi connectivity index (χ1n) is 11.6. The van der Waals surface area contributed by atoms with E-state index < -0.39 is 0 Å². The van der Waals surface area contributed by atoms with E-state index >= 15 is 0 Å². The largest absolute Gasteiger partial charge is 0.484 e. The summed E-state index contributed by atoms with van der Waals surface area (Å²) in [6, 6.07) is 19.8. The molecule has 1 aliphatic rings. The molecule has 2 aromatic carbocycles. The lowest BCUT2D eigenvalue weighted by Crippen LogP contribution is -2.50. The van der Waals surface area contributed by atoms with Crippen LogP contribution >= 0.6 is 11.3 Å². The van der Waals surface area contributed by atoms with Gasteiger partial charge in [-0.1, -0.05) is 48.5 Å². The van der Waals surface area contributed by atoms with Crippen LogP contribution < -0.4 is 9.64 Å². The summed E-state index contributed by atoms with van der Waals surface area (Å²) in [6.45, 7) is 7.14. The van der Waals surface area contributed by atoms with Crippen LogP contribution in [0, 0.1) is 13.8 Å². The minimum absolute atomic E-state index is 0.0173. The van der Waals surface area contributed by atoms with Gasteiger partial charge in [-0.25, -0.2) is 9.97 Å². The van der Waals surface area contributed by atoms with E-state index in [0.717, 1.165) is 34.9 Å². The molecule has 0 N–H and O–H groups in total.